The lowest BCUT2D eigenvalue weighted by Crippen LogP contribution is -2.61. The van der Waals surface area contributed by atoms with Crippen LogP contribution >= 0.6 is 15.4 Å². The normalized spacial score (nSPS) is 39.0. The zero-order valence-electron chi connectivity index (χ0n) is 21.4. The molecular formula is C20H38N2O14P2. The Morgan fingerprint density at radius 1 is 0.789 bits per heavy atom. The highest BCUT2D eigenvalue weighted by Crippen LogP contribution is 2.49. The van der Waals surface area contributed by atoms with Crippen molar-refractivity contribution in [3.8, 4) is 0 Å². The third-order valence-corrected chi connectivity index (χ3v) is 8.12. The fourth-order valence-corrected chi connectivity index (χ4v) is 6.54. The van der Waals surface area contributed by atoms with E-state index in [1.165, 1.54) is 7.11 Å². The van der Waals surface area contributed by atoms with Crippen LogP contribution in [0.5, 0.6) is 0 Å². The van der Waals surface area contributed by atoms with Crippen molar-refractivity contribution in [2.45, 2.75) is 75.4 Å². The summed E-state index contributed by atoms with van der Waals surface area (Å²) in [5, 5.41) is 46.7. The maximum Gasteiger partial charge on any atom is 0.472 e. The maximum absolute atomic E-state index is 12.8. The third kappa shape index (κ3) is 9.29. The van der Waals surface area contributed by atoms with E-state index in [0.717, 1.165) is 20.5 Å². The molecule has 0 aromatic carbocycles. The van der Waals surface area contributed by atoms with Crippen molar-refractivity contribution in [1.29, 1.82) is 0 Å². The van der Waals surface area contributed by atoms with Crippen LogP contribution in [0, 0.1) is 11.8 Å². The van der Waals surface area contributed by atoms with Crippen LogP contribution < -0.4 is 10.6 Å². The van der Waals surface area contributed by atoms with Crippen molar-refractivity contribution in [2.75, 3.05) is 27.0 Å². The summed E-state index contributed by atoms with van der Waals surface area (Å²) in [4.78, 5) is 43.2. The molecule has 2 fully saturated rings. The highest BCUT2D eigenvalue weighted by molar-refractivity contribution is 7.51. The van der Waals surface area contributed by atoms with Crippen molar-refractivity contribution >= 4 is 27.2 Å². The lowest BCUT2D eigenvalue weighted by molar-refractivity contribution is -0.136. The molecule has 12 atom stereocenters. The number of ether oxygens (including phenoxy) is 1. The first-order chi connectivity index (χ1) is 17.5. The predicted octanol–water partition coefficient (Wildman–Crippen LogP) is -2.17. The van der Waals surface area contributed by atoms with E-state index in [4.69, 9.17) is 18.3 Å². The van der Waals surface area contributed by atoms with Gasteiger partial charge in [-0.2, -0.15) is 0 Å². The van der Waals surface area contributed by atoms with Gasteiger partial charge in [-0.25, -0.2) is 4.57 Å². The Bertz CT molecular complexity index is 918. The van der Waals surface area contributed by atoms with Gasteiger partial charge in [0, 0.05) is 39.5 Å². The lowest BCUT2D eigenvalue weighted by atomic mass is 9.79. The van der Waals surface area contributed by atoms with E-state index in [1.54, 1.807) is 0 Å². The molecule has 2 aliphatic rings. The first-order valence-electron chi connectivity index (χ1n) is 11.9. The number of aliphatic hydroxyl groups is 4. The van der Waals surface area contributed by atoms with Gasteiger partial charge in [0.05, 0.1) is 49.7 Å². The second-order valence-corrected chi connectivity index (χ2v) is 12.9. The van der Waals surface area contributed by atoms with Crippen molar-refractivity contribution in [2.24, 2.45) is 11.8 Å². The number of aliphatic hydroxyl groups excluding tert-OH is 4. The van der Waals surface area contributed by atoms with Crippen molar-refractivity contribution in [1.82, 2.24) is 10.6 Å². The van der Waals surface area contributed by atoms with Gasteiger partial charge < -0.3 is 50.1 Å². The Morgan fingerprint density at radius 2 is 1.21 bits per heavy atom. The van der Waals surface area contributed by atoms with Gasteiger partial charge >= 0.3 is 15.4 Å². The van der Waals surface area contributed by atoms with Crippen LogP contribution in [0.3, 0.4) is 0 Å². The molecule has 0 bridgehead atoms. The summed E-state index contributed by atoms with van der Waals surface area (Å²) in [5.41, 5.74) is 0. The van der Waals surface area contributed by atoms with E-state index in [1.807, 2.05) is 0 Å². The van der Waals surface area contributed by atoms with Crippen LogP contribution in [-0.4, -0.2) is 118 Å². The summed E-state index contributed by atoms with van der Waals surface area (Å²) in [6.07, 6.45) is -9.02. The first kappa shape index (κ1) is 33.2. The molecule has 18 heteroatoms. The molecule has 8 N–H and O–H groups in total. The van der Waals surface area contributed by atoms with Crippen molar-refractivity contribution in [3.05, 3.63) is 0 Å². The first-order valence-corrected chi connectivity index (χ1v) is 15.4. The van der Waals surface area contributed by atoms with Gasteiger partial charge in [-0.05, 0) is 12.8 Å². The standard InChI is InChI=1S/C20H38N2O14P2/c1-9(23)21-15-13(35-37(4,29)30)6-12(18(26)19(15)27)8-34-38(31,32)36-14-5-11(7-33-3)17(25)20(28)16(14)22-10(2)24/h11-20,25-28H,5-8H2,1-4H3,(H,21,23)(H,22,24)(H,29,30)(H,31,32)/t11?,12?,13-,14-,15?,16?,17+,18+,19+,20+/m0/s1. The van der Waals surface area contributed by atoms with Crippen molar-refractivity contribution in [3.63, 3.8) is 0 Å². The largest absolute Gasteiger partial charge is 0.472 e. The third-order valence-electron chi connectivity index (χ3n) is 6.44. The Kier molecular flexibility index (Phi) is 11.9. The average Bonchev–Trinajstić information content (AvgIpc) is 2.77. The smallest absolute Gasteiger partial charge is 0.390 e. The molecule has 16 nitrogen and oxygen atoms in total. The van der Waals surface area contributed by atoms with Crippen LogP contribution in [0.15, 0.2) is 0 Å². The number of carbonyl (C=O) groups is 2. The van der Waals surface area contributed by atoms with Gasteiger partial charge in [-0.15, -0.1) is 0 Å². The zero-order chi connectivity index (χ0) is 29.0. The minimum atomic E-state index is -4.94. The number of rotatable bonds is 11. The lowest BCUT2D eigenvalue weighted by Gasteiger charge is -2.43. The summed E-state index contributed by atoms with van der Waals surface area (Å²) in [5.74, 6) is -2.99. The summed E-state index contributed by atoms with van der Waals surface area (Å²) in [7, 11) is -7.68. The molecule has 2 aliphatic carbocycles. The number of hydrogen-bond donors (Lipinski definition) is 8. The molecule has 222 valence electrons. The molecule has 0 spiro atoms. The van der Waals surface area contributed by atoms with Gasteiger partial charge in [-0.3, -0.25) is 23.2 Å². The summed E-state index contributed by atoms with van der Waals surface area (Å²) in [6.45, 7) is 2.49. The molecule has 0 heterocycles. The molecule has 0 aliphatic heterocycles. The van der Waals surface area contributed by atoms with Gasteiger partial charge in [0.15, 0.2) is 0 Å². The number of phosphoric acid groups is 1. The quantitative estimate of drug-likeness (QED) is 0.119. The number of methoxy groups -OCH3 is 1. The van der Waals surface area contributed by atoms with Gasteiger partial charge in [-0.1, -0.05) is 0 Å². The molecule has 0 radical (unpaired) electrons. The molecule has 6 unspecified atom stereocenters. The van der Waals surface area contributed by atoms with Crippen LogP contribution in [0.25, 0.3) is 0 Å². The molecule has 2 rings (SSSR count). The summed E-state index contributed by atoms with van der Waals surface area (Å²) >= 11 is 0. The Balaban J connectivity index is 2.16. The number of hydrogen-bond acceptors (Lipinski definition) is 12. The van der Waals surface area contributed by atoms with E-state index < -0.39 is 94.4 Å². The SMILES string of the molecule is COCC1C[C@H](OP(=O)(O)OCC2C[C@H](OP(C)(=O)O)C(NC(C)=O)[C@@H](O)[C@@H]2O)C(NC(C)=O)[C@@H](O)[C@@H]1O. The minimum absolute atomic E-state index is 0.0172. The fourth-order valence-electron chi connectivity index (χ4n) is 4.82. The average molecular weight is 592 g/mol. The molecule has 0 saturated heterocycles. The van der Waals surface area contributed by atoms with E-state index >= 15 is 0 Å². The van der Waals surface area contributed by atoms with E-state index in [-0.39, 0.29) is 19.4 Å². The molecule has 2 saturated carbocycles. The molecule has 38 heavy (non-hydrogen) atoms. The van der Waals surface area contributed by atoms with E-state index in [2.05, 4.69) is 10.6 Å². The monoisotopic (exact) mass is 592 g/mol. The number of carbonyl (C=O) groups excluding carboxylic acids is 2. The summed E-state index contributed by atoms with van der Waals surface area (Å²) in [6, 6.07) is -2.51. The van der Waals surface area contributed by atoms with Crippen molar-refractivity contribution < 1.29 is 67.2 Å². The Hall–Kier alpha value is -1.00. The second-order valence-electron chi connectivity index (χ2n) is 9.72. The molecular weight excluding hydrogens is 554 g/mol. The topological polar surface area (TPSA) is 251 Å². The minimum Gasteiger partial charge on any atom is -0.390 e. The second kappa shape index (κ2) is 13.6. The number of amides is 2. The van der Waals surface area contributed by atoms with Crippen LogP contribution in [-0.2, 0) is 37.0 Å². The molecule has 0 aromatic heterocycles. The molecule has 0 aromatic rings. The van der Waals surface area contributed by atoms with Gasteiger partial charge in [0.1, 0.15) is 12.2 Å². The predicted molar refractivity (Wildman–Crippen MR) is 129 cm³/mol. The fraction of sp³-hybridized carbons (Fsp3) is 0.900. The van der Waals surface area contributed by atoms with E-state index in [0.29, 0.717) is 0 Å². The Morgan fingerprint density at radius 3 is 1.61 bits per heavy atom. The highest BCUT2D eigenvalue weighted by Gasteiger charge is 2.49. The van der Waals surface area contributed by atoms with E-state index in [9.17, 15) is 48.9 Å². The number of phosphoric ester groups is 1. The summed E-state index contributed by atoms with van der Waals surface area (Å²) < 4.78 is 45.1. The maximum atomic E-state index is 12.8. The molecule has 2 amide bonds. The highest BCUT2D eigenvalue weighted by atomic mass is 31.2. The van der Waals surface area contributed by atoms with Gasteiger partial charge in [0.25, 0.3) is 0 Å². The van der Waals surface area contributed by atoms with Crippen LogP contribution in [0.4, 0.5) is 0 Å². The zero-order valence-corrected chi connectivity index (χ0v) is 23.2. The van der Waals surface area contributed by atoms with Crippen LogP contribution in [0.1, 0.15) is 26.7 Å². The van der Waals surface area contributed by atoms with Gasteiger partial charge in [0.2, 0.25) is 11.8 Å². The Labute approximate surface area is 219 Å². The van der Waals surface area contributed by atoms with Crippen LogP contribution in [0.2, 0.25) is 0 Å². The number of nitrogens with one attached hydrogen (secondary N) is 2.